The largest absolute Gasteiger partial charge is 0.480 e. The molecule has 42 heavy (non-hydrogen) atoms. The highest BCUT2D eigenvalue weighted by Crippen LogP contribution is 2.47. The molecule has 7 rings (SSSR count). The first-order chi connectivity index (χ1) is 20.3. The number of amides is 1. The fourth-order valence-electron chi connectivity index (χ4n) is 4.67. The van der Waals surface area contributed by atoms with Crippen molar-refractivity contribution in [2.75, 3.05) is 25.7 Å². The van der Waals surface area contributed by atoms with E-state index in [1.165, 1.54) is 23.3 Å². The molecule has 0 spiro atoms. The van der Waals surface area contributed by atoms with Gasteiger partial charge in [-0.2, -0.15) is 0 Å². The summed E-state index contributed by atoms with van der Waals surface area (Å²) in [6, 6.07) is 10.4. The highest BCUT2D eigenvalue weighted by atomic mass is 35.5. The number of carbonyl (C=O) groups excluding carboxylic acids is 1. The molecule has 212 valence electrons. The number of nitrogens with one attached hydrogen (secondary N) is 1. The second kappa shape index (κ2) is 9.89. The summed E-state index contributed by atoms with van der Waals surface area (Å²) < 4.78 is 28.6. The Kier molecular flexibility index (Phi) is 6.13. The Balaban J connectivity index is 1.16. The average Bonchev–Trinajstić information content (AvgIpc) is 3.59. The number of rotatable bonds is 4. The molecule has 6 aromatic rings. The van der Waals surface area contributed by atoms with E-state index >= 15 is 0 Å². The number of ether oxygens (including phenoxy) is 4. The van der Waals surface area contributed by atoms with Crippen molar-refractivity contribution >= 4 is 67.1 Å². The number of aromatic amines is 1. The van der Waals surface area contributed by atoms with Crippen LogP contribution in [0.5, 0.6) is 17.4 Å². The van der Waals surface area contributed by atoms with Crippen LogP contribution in [0.15, 0.2) is 51.8 Å². The predicted molar refractivity (Wildman–Crippen MR) is 156 cm³/mol. The van der Waals surface area contributed by atoms with Gasteiger partial charge in [0.1, 0.15) is 15.2 Å². The first-order valence-electron chi connectivity index (χ1n) is 12.6. The van der Waals surface area contributed by atoms with E-state index < -0.39 is 18.1 Å². The number of hydrogen-bond acceptors (Lipinski definition) is 11. The molecule has 0 bridgehead atoms. The van der Waals surface area contributed by atoms with Crippen LogP contribution in [0.2, 0.25) is 5.02 Å². The van der Waals surface area contributed by atoms with Gasteiger partial charge in [0.25, 0.3) is 6.29 Å². The van der Waals surface area contributed by atoms with Gasteiger partial charge in [0.05, 0.1) is 40.6 Å². The minimum absolute atomic E-state index is 0.0547. The maximum atomic E-state index is 12.9. The third kappa shape index (κ3) is 4.43. The standard InChI is InChI=1S/C28H20ClN5O7S/c1-12-6-14(22-17(7-12)31-20(37-3)10-30-22)26-33-23-15(29)9-19-24(25(23)42-26)38-11-21(39-19)41-28(36)34(2)13-4-5-16-18(8-13)40-27(35)32-16/h4-10,21H,11H2,1-3H3,(H,32,35)/t21-/m1/s1. The van der Waals surface area contributed by atoms with Crippen molar-refractivity contribution in [2.45, 2.75) is 13.2 Å². The Morgan fingerprint density at radius 1 is 1.19 bits per heavy atom. The van der Waals surface area contributed by atoms with Gasteiger partial charge in [0.2, 0.25) is 5.88 Å². The summed E-state index contributed by atoms with van der Waals surface area (Å²) in [6.45, 7) is 1.92. The molecule has 1 amide bonds. The molecule has 0 radical (unpaired) electrons. The van der Waals surface area contributed by atoms with Crippen LogP contribution in [0.1, 0.15) is 5.56 Å². The Hall–Kier alpha value is -4.88. The molecule has 14 heteroatoms. The van der Waals surface area contributed by atoms with Crippen LogP contribution in [0.25, 0.3) is 42.9 Å². The number of H-pyrrole nitrogens is 1. The number of halogens is 1. The third-order valence-electron chi connectivity index (χ3n) is 6.67. The molecular formula is C28H20ClN5O7S. The summed E-state index contributed by atoms with van der Waals surface area (Å²) in [5, 5.41) is 1.03. The number of hydrogen-bond donors (Lipinski definition) is 1. The summed E-state index contributed by atoms with van der Waals surface area (Å²) in [6.07, 6.45) is -0.163. The van der Waals surface area contributed by atoms with E-state index in [1.807, 2.05) is 19.1 Å². The molecular weight excluding hydrogens is 586 g/mol. The van der Waals surface area contributed by atoms with E-state index in [0.29, 0.717) is 65.4 Å². The van der Waals surface area contributed by atoms with Gasteiger partial charge >= 0.3 is 11.8 Å². The molecule has 3 aromatic carbocycles. The quantitative estimate of drug-likeness (QED) is 0.266. The smallest absolute Gasteiger partial charge is 0.417 e. The van der Waals surface area contributed by atoms with Gasteiger partial charge in [0.15, 0.2) is 23.7 Å². The zero-order chi connectivity index (χ0) is 29.1. The summed E-state index contributed by atoms with van der Waals surface area (Å²) >= 11 is 8.02. The molecule has 1 atom stereocenters. The Morgan fingerprint density at radius 2 is 2.05 bits per heavy atom. The number of benzene rings is 3. The maximum Gasteiger partial charge on any atom is 0.417 e. The number of oxazole rings is 1. The van der Waals surface area contributed by atoms with E-state index in [9.17, 15) is 9.59 Å². The summed E-state index contributed by atoms with van der Waals surface area (Å²) in [4.78, 5) is 42.0. The lowest BCUT2D eigenvalue weighted by atomic mass is 10.1. The van der Waals surface area contributed by atoms with Crippen LogP contribution in [0.4, 0.5) is 10.5 Å². The first kappa shape index (κ1) is 26.0. The monoisotopic (exact) mass is 605 g/mol. The van der Waals surface area contributed by atoms with Crippen LogP contribution >= 0.6 is 22.9 Å². The van der Waals surface area contributed by atoms with Crippen molar-refractivity contribution in [3.63, 3.8) is 0 Å². The van der Waals surface area contributed by atoms with Crippen LogP contribution in [0.3, 0.4) is 0 Å². The topological polar surface area (TPSA) is 142 Å². The summed E-state index contributed by atoms with van der Waals surface area (Å²) in [7, 11) is 3.07. The van der Waals surface area contributed by atoms with Crippen molar-refractivity contribution in [2.24, 2.45) is 0 Å². The molecule has 0 saturated heterocycles. The molecule has 0 unspecified atom stereocenters. The van der Waals surface area contributed by atoms with Crippen LogP contribution < -0.4 is 24.9 Å². The number of anilines is 1. The normalized spacial score (nSPS) is 14.4. The van der Waals surface area contributed by atoms with Gasteiger partial charge in [-0.3, -0.25) is 9.88 Å². The molecule has 12 nitrogen and oxygen atoms in total. The number of carbonyl (C=O) groups is 1. The number of aryl methyl sites for hydroxylation is 1. The number of aromatic nitrogens is 4. The van der Waals surface area contributed by atoms with E-state index in [1.54, 1.807) is 37.6 Å². The molecule has 0 fully saturated rings. The Morgan fingerprint density at radius 3 is 2.88 bits per heavy atom. The zero-order valence-electron chi connectivity index (χ0n) is 22.3. The molecule has 0 aliphatic carbocycles. The Bertz CT molecular complexity index is 2110. The lowest BCUT2D eigenvalue weighted by Gasteiger charge is -2.28. The van der Waals surface area contributed by atoms with Crippen LogP contribution in [-0.4, -0.2) is 53.1 Å². The van der Waals surface area contributed by atoms with Gasteiger partial charge in [0, 0.05) is 24.7 Å². The second-order valence-electron chi connectivity index (χ2n) is 9.47. The van der Waals surface area contributed by atoms with Crippen molar-refractivity contribution < 1.29 is 28.2 Å². The predicted octanol–water partition coefficient (Wildman–Crippen LogP) is 5.68. The number of nitrogens with zero attached hydrogens (tertiary/aromatic N) is 4. The molecule has 3 aromatic heterocycles. The zero-order valence-corrected chi connectivity index (χ0v) is 23.8. The minimum atomic E-state index is -1.03. The molecule has 1 N–H and O–H groups in total. The fourth-order valence-corrected chi connectivity index (χ4v) is 6.06. The number of fused-ring (bicyclic) bond motifs is 5. The van der Waals surface area contributed by atoms with Crippen molar-refractivity contribution in [3.8, 4) is 28.0 Å². The lowest BCUT2D eigenvalue weighted by molar-refractivity contribution is -0.0717. The van der Waals surface area contributed by atoms with Gasteiger partial charge in [-0.25, -0.2) is 24.5 Å². The molecule has 1 aliphatic heterocycles. The lowest BCUT2D eigenvalue weighted by Crippen LogP contribution is -2.38. The van der Waals surface area contributed by atoms with Gasteiger partial charge < -0.3 is 23.4 Å². The average molecular weight is 606 g/mol. The first-order valence-corrected chi connectivity index (χ1v) is 13.8. The Labute approximate surface area is 245 Å². The third-order valence-corrected chi connectivity index (χ3v) is 8.05. The number of methoxy groups -OCH3 is 1. The van der Waals surface area contributed by atoms with E-state index in [2.05, 4.69) is 15.0 Å². The van der Waals surface area contributed by atoms with Crippen molar-refractivity contribution in [1.82, 2.24) is 19.9 Å². The van der Waals surface area contributed by atoms with E-state index in [4.69, 9.17) is 39.9 Å². The summed E-state index contributed by atoms with van der Waals surface area (Å²) in [5.74, 6) is 0.615. The highest BCUT2D eigenvalue weighted by Gasteiger charge is 2.30. The van der Waals surface area contributed by atoms with Gasteiger partial charge in [-0.15, -0.1) is 11.3 Å². The van der Waals surface area contributed by atoms with Crippen LogP contribution in [0, 0.1) is 6.92 Å². The second-order valence-corrected chi connectivity index (χ2v) is 10.9. The molecule has 0 saturated carbocycles. The SMILES string of the molecule is COc1cnc2c(-c3nc4c(Cl)cc5c(c4s3)OC[C@@H](OC(=O)N(C)c3ccc4[nH]c(=O)oc4c3)O5)cc(C)cc2n1. The highest BCUT2D eigenvalue weighted by molar-refractivity contribution is 7.22. The number of thiazole rings is 1. The van der Waals surface area contributed by atoms with Crippen LogP contribution in [-0.2, 0) is 4.74 Å². The van der Waals surface area contributed by atoms with Crippen molar-refractivity contribution in [1.29, 1.82) is 0 Å². The summed E-state index contributed by atoms with van der Waals surface area (Å²) in [5.41, 5.74) is 4.99. The molecule has 1 aliphatic rings. The van der Waals surface area contributed by atoms with Crippen molar-refractivity contribution in [3.05, 3.63) is 63.7 Å². The maximum absolute atomic E-state index is 12.9. The van der Waals surface area contributed by atoms with E-state index in [0.717, 1.165) is 11.1 Å². The van der Waals surface area contributed by atoms with E-state index in [-0.39, 0.29) is 6.61 Å². The minimum Gasteiger partial charge on any atom is -0.480 e. The van der Waals surface area contributed by atoms with Gasteiger partial charge in [-0.05, 0) is 36.8 Å². The molecule has 4 heterocycles. The van der Waals surface area contributed by atoms with Gasteiger partial charge in [-0.1, -0.05) is 11.6 Å². The fraction of sp³-hybridized carbons (Fsp3) is 0.179.